The summed E-state index contributed by atoms with van der Waals surface area (Å²) in [7, 11) is 0. The molecule has 0 amide bonds. The standard InChI is InChI=1S/C15H22O/c1-11(16)15(8-9-15)13-7-5-6-12(10-13)14(2,3)4/h5-7,10-11,16H,8-9H2,1-4H3/t11-/m1/s1. The van der Waals surface area contributed by atoms with Gasteiger partial charge in [0.1, 0.15) is 0 Å². The third kappa shape index (κ3) is 1.89. The topological polar surface area (TPSA) is 20.2 Å². The molecule has 1 aromatic carbocycles. The highest BCUT2D eigenvalue weighted by molar-refractivity contribution is 5.38. The first-order valence-corrected chi connectivity index (χ1v) is 6.15. The van der Waals surface area contributed by atoms with E-state index in [1.165, 1.54) is 11.1 Å². The molecule has 1 atom stereocenters. The Balaban J connectivity index is 2.37. The molecule has 88 valence electrons. The molecule has 0 aromatic heterocycles. The molecule has 0 saturated heterocycles. The van der Waals surface area contributed by atoms with Gasteiger partial charge in [-0.1, -0.05) is 45.0 Å². The van der Waals surface area contributed by atoms with E-state index in [4.69, 9.17) is 0 Å². The Bertz CT molecular complexity index is 381. The molecular formula is C15H22O. The van der Waals surface area contributed by atoms with E-state index in [2.05, 4.69) is 45.0 Å². The molecule has 0 unspecified atom stereocenters. The van der Waals surface area contributed by atoms with Crippen LogP contribution < -0.4 is 0 Å². The minimum Gasteiger partial charge on any atom is -0.392 e. The second kappa shape index (κ2) is 3.59. The lowest BCUT2D eigenvalue weighted by Crippen LogP contribution is -2.23. The Hall–Kier alpha value is -0.820. The third-order valence-corrected chi connectivity index (χ3v) is 3.89. The molecule has 1 heteroatoms. The first-order chi connectivity index (χ1) is 7.36. The highest BCUT2D eigenvalue weighted by atomic mass is 16.3. The van der Waals surface area contributed by atoms with Crippen LogP contribution in [-0.4, -0.2) is 11.2 Å². The molecule has 1 saturated carbocycles. The van der Waals surface area contributed by atoms with Crippen molar-refractivity contribution < 1.29 is 5.11 Å². The van der Waals surface area contributed by atoms with Crippen molar-refractivity contribution in [1.82, 2.24) is 0 Å². The fourth-order valence-electron chi connectivity index (χ4n) is 2.38. The van der Waals surface area contributed by atoms with Gasteiger partial charge in [-0.25, -0.2) is 0 Å². The Labute approximate surface area is 98.5 Å². The number of hydrogen-bond donors (Lipinski definition) is 1. The summed E-state index contributed by atoms with van der Waals surface area (Å²) >= 11 is 0. The monoisotopic (exact) mass is 218 g/mol. The predicted molar refractivity (Wildman–Crippen MR) is 67.7 cm³/mol. The minimum absolute atomic E-state index is 0.0568. The smallest absolute Gasteiger partial charge is 0.0608 e. The van der Waals surface area contributed by atoms with Gasteiger partial charge in [-0.2, -0.15) is 0 Å². The molecule has 0 heterocycles. The summed E-state index contributed by atoms with van der Waals surface area (Å²) in [6.07, 6.45) is 2.01. The van der Waals surface area contributed by atoms with E-state index in [0.29, 0.717) is 0 Å². The van der Waals surface area contributed by atoms with E-state index in [1.807, 2.05) is 6.92 Å². The first kappa shape index (κ1) is 11.7. The summed E-state index contributed by atoms with van der Waals surface area (Å²) in [5, 5.41) is 9.89. The first-order valence-electron chi connectivity index (χ1n) is 6.15. The third-order valence-electron chi connectivity index (χ3n) is 3.89. The van der Waals surface area contributed by atoms with Gasteiger partial charge in [0.15, 0.2) is 0 Å². The Morgan fingerprint density at radius 2 is 1.88 bits per heavy atom. The van der Waals surface area contributed by atoms with Gasteiger partial charge in [-0.3, -0.25) is 0 Å². The quantitative estimate of drug-likeness (QED) is 0.806. The summed E-state index contributed by atoms with van der Waals surface area (Å²) < 4.78 is 0. The molecule has 0 aliphatic heterocycles. The molecule has 1 aromatic rings. The molecule has 16 heavy (non-hydrogen) atoms. The van der Waals surface area contributed by atoms with E-state index in [0.717, 1.165) is 12.8 Å². The van der Waals surface area contributed by atoms with Crippen LogP contribution in [-0.2, 0) is 10.8 Å². The van der Waals surface area contributed by atoms with Crippen molar-refractivity contribution in [3.8, 4) is 0 Å². The van der Waals surface area contributed by atoms with Crippen molar-refractivity contribution in [3.63, 3.8) is 0 Å². The highest BCUT2D eigenvalue weighted by Gasteiger charge is 2.48. The normalized spacial score (nSPS) is 20.6. The van der Waals surface area contributed by atoms with Gasteiger partial charge < -0.3 is 5.11 Å². The molecule has 0 radical (unpaired) electrons. The van der Waals surface area contributed by atoms with Crippen LogP contribution in [0.4, 0.5) is 0 Å². The van der Waals surface area contributed by atoms with Gasteiger partial charge in [-0.15, -0.1) is 0 Å². The molecule has 1 aliphatic rings. The fraction of sp³-hybridized carbons (Fsp3) is 0.600. The van der Waals surface area contributed by atoms with Gasteiger partial charge in [-0.05, 0) is 36.3 Å². The largest absolute Gasteiger partial charge is 0.392 e. The summed E-state index contributed by atoms with van der Waals surface area (Å²) in [4.78, 5) is 0. The predicted octanol–water partition coefficient (Wildman–Crippen LogP) is 3.40. The molecule has 0 bridgehead atoms. The zero-order chi connectivity index (χ0) is 12.0. The Morgan fingerprint density at radius 1 is 1.25 bits per heavy atom. The maximum absolute atomic E-state index is 9.89. The van der Waals surface area contributed by atoms with Crippen LogP contribution in [0.3, 0.4) is 0 Å². The van der Waals surface area contributed by atoms with Crippen molar-refractivity contribution in [2.24, 2.45) is 0 Å². The summed E-state index contributed by atoms with van der Waals surface area (Å²) in [6, 6.07) is 8.74. The maximum Gasteiger partial charge on any atom is 0.0608 e. The van der Waals surface area contributed by atoms with Gasteiger partial charge in [0.05, 0.1) is 6.10 Å². The van der Waals surface area contributed by atoms with E-state index >= 15 is 0 Å². The average molecular weight is 218 g/mol. The van der Waals surface area contributed by atoms with E-state index in [1.54, 1.807) is 0 Å². The fourth-order valence-corrected chi connectivity index (χ4v) is 2.38. The van der Waals surface area contributed by atoms with Crippen molar-refractivity contribution >= 4 is 0 Å². The molecule has 2 rings (SSSR count). The van der Waals surface area contributed by atoms with Gasteiger partial charge in [0.25, 0.3) is 0 Å². The van der Waals surface area contributed by atoms with Crippen LogP contribution in [0, 0.1) is 0 Å². The molecule has 1 nitrogen and oxygen atoms in total. The van der Waals surface area contributed by atoms with Crippen molar-refractivity contribution in [1.29, 1.82) is 0 Å². The van der Waals surface area contributed by atoms with Crippen molar-refractivity contribution in [2.75, 3.05) is 0 Å². The van der Waals surface area contributed by atoms with Crippen LogP contribution in [0.15, 0.2) is 24.3 Å². The van der Waals surface area contributed by atoms with E-state index in [9.17, 15) is 5.11 Å². The molecule has 1 aliphatic carbocycles. The number of hydrogen-bond acceptors (Lipinski definition) is 1. The Morgan fingerprint density at radius 3 is 2.31 bits per heavy atom. The van der Waals surface area contributed by atoms with Crippen LogP contribution in [0.1, 0.15) is 51.7 Å². The van der Waals surface area contributed by atoms with Crippen LogP contribution in [0.2, 0.25) is 0 Å². The zero-order valence-electron chi connectivity index (χ0n) is 10.7. The average Bonchev–Trinajstić information content (AvgIpc) is 2.97. The highest BCUT2D eigenvalue weighted by Crippen LogP contribution is 2.51. The second-order valence-corrected chi connectivity index (χ2v) is 6.16. The number of benzene rings is 1. The van der Waals surface area contributed by atoms with Gasteiger partial charge in [0, 0.05) is 5.41 Å². The lowest BCUT2D eigenvalue weighted by Gasteiger charge is -2.24. The lowest BCUT2D eigenvalue weighted by molar-refractivity contribution is 0.150. The van der Waals surface area contributed by atoms with Gasteiger partial charge in [0.2, 0.25) is 0 Å². The molecule has 1 fully saturated rings. The van der Waals surface area contributed by atoms with Crippen molar-refractivity contribution in [3.05, 3.63) is 35.4 Å². The minimum atomic E-state index is -0.234. The number of aliphatic hydroxyl groups excluding tert-OH is 1. The lowest BCUT2D eigenvalue weighted by atomic mass is 9.82. The van der Waals surface area contributed by atoms with Crippen molar-refractivity contribution in [2.45, 2.75) is 57.5 Å². The Kier molecular flexibility index (Phi) is 2.62. The maximum atomic E-state index is 9.89. The SMILES string of the molecule is C[C@@H](O)C1(c2cccc(C(C)(C)C)c2)CC1. The number of aliphatic hydroxyl groups is 1. The van der Waals surface area contributed by atoms with Crippen LogP contribution >= 0.6 is 0 Å². The zero-order valence-corrected chi connectivity index (χ0v) is 10.7. The summed E-state index contributed by atoms with van der Waals surface area (Å²) in [5.41, 5.74) is 2.92. The van der Waals surface area contributed by atoms with Crippen LogP contribution in [0.25, 0.3) is 0 Å². The molecule has 1 N–H and O–H groups in total. The number of rotatable bonds is 2. The summed E-state index contributed by atoms with van der Waals surface area (Å²) in [5.74, 6) is 0. The van der Waals surface area contributed by atoms with Gasteiger partial charge >= 0.3 is 0 Å². The molecule has 0 spiro atoms. The van der Waals surface area contributed by atoms with E-state index in [-0.39, 0.29) is 16.9 Å². The van der Waals surface area contributed by atoms with Crippen LogP contribution in [0.5, 0.6) is 0 Å². The molecular weight excluding hydrogens is 196 g/mol. The van der Waals surface area contributed by atoms with E-state index < -0.39 is 0 Å². The second-order valence-electron chi connectivity index (χ2n) is 6.16. The summed E-state index contributed by atoms with van der Waals surface area (Å²) in [6.45, 7) is 8.60.